The number of alkyl halides is 3. The van der Waals surface area contributed by atoms with E-state index in [1.165, 1.54) is 6.07 Å². The Morgan fingerprint density at radius 2 is 1.64 bits per heavy atom. The predicted octanol–water partition coefficient (Wildman–Crippen LogP) is 4.42. The zero-order valence-corrected chi connectivity index (χ0v) is 15.4. The number of piperazine rings is 1. The van der Waals surface area contributed by atoms with Gasteiger partial charge in [-0.2, -0.15) is 13.2 Å². The fraction of sp³-hybridized carbons (Fsp3) is 0.381. The Balaban J connectivity index is 1.72. The summed E-state index contributed by atoms with van der Waals surface area (Å²) in [6.45, 7) is 2.44. The number of halogens is 4. The molecule has 3 rings (SSSR count). The molecule has 3 nitrogen and oxygen atoms in total. The molecule has 1 aliphatic rings. The summed E-state index contributed by atoms with van der Waals surface area (Å²) in [7, 11) is 0. The van der Waals surface area contributed by atoms with Crippen LogP contribution in [0, 0.1) is 5.82 Å². The van der Waals surface area contributed by atoms with Crippen LogP contribution >= 0.6 is 0 Å². The first-order valence-electron chi connectivity index (χ1n) is 9.29. The molecule has 1 fully saturated rings. The minimum absolute atomic E-state index is 0.0358. The molecule has 7 heteroatoms. The maximum atomic E-state index is 14.2. The van der Waals surface area contributed by atoms with Gasteiger partial charge in [0.2, 0.25) is 0 Å². The number of hydrogen-bond acceptors (Lipinski definition) is 2. The second kappa shape index (κ2) is 8.73. The van der Waals surface area contributed by atoms with Crippen LogP contribution in [-0.2, 0) is 6.42 Å². The van der Waals surface area contributed by atoms with Crippen LogP contribution in [0.2, 0.25) is 0 Å². The number of hydrogen-bond donors (Lipinski definition) is 1. The molecule has 1 saturated heterocycles. The molecule has 0 bridgehead atoms. The summed E-state index contributed by atoms with van der Waals surface area (Å²) in [6.07, 6.45) is -4.55. The number of rotatable bonds is 5. The van der Waals surface area contributed by atoms with E-state index in [4.69, 9.17) is 0 Å². The molecule has 1 N–H and O–H groups in total. The predicted molar refractivity (Wildman–Crippen MR) is 99.6 cm³/mol. The molecule has 2 aromatic carbocycles. The topological polar surface area (TPSA) is 32.3 Å². The van der Waals surface area contributed by atoms with E-state index in [1.54, 1.807) is 41.3 Å². The van der Waals surface area contributed by atoms with E-state index in [9.17, 15) is 22.4 Å². The minimum Gasteiger partial charge on any atom is -0.336 e. The smallest absolute Gasteiger partial charge is 0.336 e. The molecule has 0 saturated carbocycles. The van der Waals surface area contributed by atoms with Gasteiger partial charge in [-0.25, -0.2) is 4.39 Å². The van der Waals surface area contributed by atoms with Gasteiger partial charge in [0.15, 0.2) is 0 Å². The van der Waals surface area contributed by atoms with Gasteiger partial charge in [0.25, 0.3) is 5.91 Å². The molecule has 1 aliphatic heterocycles. The SMILES string of the molecule is O=C(c1cc(-c2ccc(CCCC(F)(F)F)cc2)ccc1F)N1CCNCC1. The van der Waals surface area contributed by atoms with E-state index < -0.39 is 18.4 Å². The van der Waals surface area contributed by atoms with Gasteiger partial charge >= 0.3 is 6.18 Å². The summed E-state index contributed by atoms with van der Waals surface area (Å²) in [5.74, 6) is -0.888. The van der Waals surface area contributed by atoms with Crippen molar-refractivity contribution in [3.05, 3.63) is 59.4 Å². The highest BCUT2D eigenvalue weighted by Gasteiger charge is 2.26. The van der Waals surface area contributed by atoms with E-state index in [-0.39, 0.29) is 17.9 Å². The Bertz CT molecular complexity index is 812. The standard InChI is InChI=1S/C21H22F4N2O/c22-19-8-7-17(14-18(19)20(28)27-12-10-26-11-13-27)16-5-3-15(4-6-16)2-1-9-21(23,24)25/h3-8,14,26H,1-2,9-13H2. The number of amides is 1. The number of nitrogens with one attached hydrogen (secondary N) is 1. The lowest BCUT2D eigenvalue weighted by molar-refractivity contribution is -0.135. The Labute approximate surface area is 161 Å². The van der Waals surface area contributed by atoms with Gasteiger partial charge in [-0.05, 0) is 41.7 Å². The van der Waals surface area contributed by atoms with Crippen LogP contribution in [0.5, 0.6) is 0 Å². The van der Waals surface area contributed by atoms with Crippen LogP contribution in [0.4, 0.5) is 17.6 Å². The molecule has 1 heterocycles. The Morgan fingerprint density at radius 3 is 2.29 bits per heavy atom. The summed E-state index contributed by atoms with van der Waals surface area (Å²) in [4.78, 5) is 14.3. The maximum absolute atomic E-state index is 14.2. The second-order valence-electron chi connectivity index (χ2n) is 6.90. The van der Waals surface area contributed by atoms with Crippen molar-refractivity contribution < 1.29 is 22.4 Å². The Kier molecular flexibility index (Phi) is 6.34. The first-order chi connectivity index (χ1) is 13.3. The van der Waals surface area contributed by atoms with Crippen LogP contribution in [-0.4, -0.2) is 43.2 Å². The number of carbonyl (C=O) groups excluding carboxylic acids is 1. The average molecular weight is 394 g/mol. The van der Waals surface area contributed by atoms with Crippen molar-refractivity contribution in [2.45, 2.75) is 25.4 Å². The maximum Gasteiger partial charge on any atom is 0.389 e. The zero-order chi connectivity index (χ0) is 20.1. The molecule has 0 unspecified atom stereocenters. The molecular weight excluding hydrogens is 372 g/mol. The first kappa shape index (κ1) is 20.3. The van der Waals surface area contributed by atoms with Gasteiger partial charge in [0.1, 0.15) is 5.82 Å². The van der Waals surface area contributed by atoms with E-state index in [2.05, 4.69) is 5.32 Å². The lowest BCUT2D eigenvalue weighted by Gasteiger charge is -2.27. The molecule has 0 spiro atoms. The number of benzene rings is 2. The van der Waals surface area contributed by atoms with Crippen LogP contribution in [0.1, 0.15) is 28.8 Å². The van der Waals surface area contributed by atoms with Crippen LogP contribution in [0.3, 0.4) is 0 Å². The monoisotopic (exact) mass is 394 g/mol. The van der Waals surface area contributed by atoms with Crippen molar-refractivity contribution in [3.8, 4) is 11.1 Å². The highest BCUT2D eigenvalue weighted by atomic mass is 19.4. The van der Waals surface area contributed by atoms with E-state index in [1.807, 2.05) is 0 Å². The molecule has 1 amide bonds. The fourth-order valence-corrected chi connectivity index (χ4v) is 3.26. The number of carbonyl (C=O) groups is 1. The third-order valence-electron chi connectivity index (χ3n) is 4.81. The van der Waals surface area contributed by atoms with E-state index >= 15 is 0 Å². The Morgan fingerprint density at radius 1 is 1.00 bits per heavy atom. The van der Waals surface area contributed by atoms with Gasteiger partial charge in [-0.1, -0.05) is 30.3 Å². The lowest BCUT2D eigenvalue weighted by atomic mass is 9.99. The fourth-order valence-electron chi connectivity index (χ4n) is 3.26. The van der Waals surface area contributed by atoms with Crippen LogP contribution < -0.4 is 5.32 Å². The van der Waals surface area contributed by atoms with Crippen molar-refractivity contribution in [2.24, 2.45) is 0 Å². The van der Waals surface area contributed by atoms with Crippen molar-refractivity contribution in [2.75, 3.05) is 26.2 Å². The summed E-state index contributed by atoms with van der Waals surface area (Å²) < 4.78 is 51.0. The van der Waals surface area contributed by atoms with Crippen LogP contribution in [0.15, 0.2) is 42.5 Å². The largest absolute Gasteiger partial charge is 0.389 e. The molecular formula is C21H22F4N2O. The number of aryl methyl sites for hydroxylation is 1. The third-order valence-corrected chi connectivity index (χ3v) is 4.81. The van der Waals surface area contributed by atoms with Crippen LogP contribution in [0.25, 0.3) is 11.1 Å². The number of nitrogens with zero attached hydrogens (tertiary/aromatic N) is 1. The van der Waals surface area contributed by atoms with Crippen molar-refractivity contribution >= 4 is 5.91 Å². The van der Waals surface area contributed by atoms with Gasteiger partial charge in [0.05, 0.1) is 5.56 Å². The Hall–Kier alpha value is -2.41. The van der Waals surface area contributed by atoms with Crippen molar-refractivity contribution in [3.63, 3.8) is 0 Å². The molecule has 150 valence electrons. The highest BCUT2D eigenvalue weighted by molar-refractivity contribution is 5.95. The molecule has 0 aliphatic carbocycles. The summed E-state index contributed by atoms with van der Waals surface area (Å²) >= 11 is 0. The lowest BCUT2D eigenvalue weighted by Crippen LogP contribution is -2.46. The normalized spacial score (nSPS) is 14.9. The minimum atomic E-state index is -4.14. The highest BCUT2D eigenvalue weighted by Crippen LogP contribution is 2.25. The average Bonchev–Trinajstić information content (AvgIpc) is 2.68. The quantitative estimate of drug-likeness (QED) is 0.762. The summed E-state index contributed by atoms with van der Waals surface area (Å²) in [5, 5.41) is 3.15. The summed E-state index contributed by atoms with van der Waals surface area (Å²) in [6, 6.07) is 11.5. The van der Waals surface area contributed by atoms with Crippen molar-refractivity contribution in [1.29, 1.82) is 0 Å². The molecule has 28 heavy (non-hydrogen) atoms. The molecule has 2 aromatic rings. The zero-order valence-electron chi connectivity index (χ0n) is 15.4. The van der Waals surface area contributed by atoms with Gasteiger partial charge in [-0.3, -0.25) is 4.79 Å². The van der Waals surface area contributed by atoms with E-state index in [0.717, 1.165) is 11.1 Å². The van der Waals surface area contributed by atoms with Gasteiger partial charge in [-0.15, -0.1) is 0 Å². The van der Waals surface area contributed by atoms with Crippen molar-refractivity contribution in [1.82, 2.24) is 10.2 Å². The van der Waals surface area contributed by atoms with Gasteiger partial charge in [0, 0.05) is 32.6 Å². The third kappa shape index (κ3) is 5.32. The second-order valence-corrected chi connectivity index (χ2v) is 6.90. The molecule has 0 aromatic heterocycles. The van der Waals surface area contributed by atoms with Gasteiger partial charge < -0.3 is 10.2 Å². The summed E-state index contributed by atoms with van der Waals surface area (Å²) in [5.41, 5.74) is 2.33. The first-order valence-corrected chi connectivity index (χ1v) is 9.29. The van der Waals surface area contributed by atoms with E-state index in [0.29, 0.717) is 38.2 Å². The molecule has 0 radical (unpaired) electrons. The molecule has 0 atom stereocenters.